The number of benzene rings is 4. The van der Waals surface area contributed by atoms with Crippen LogP contribution in [0.1, 0.15) is 25.7 Å². The predicted molar refractivity (Wildman–Crippen MR) is 204 cm³/mol. The summed E-state index contributed by atoms with van der Waals surface area (Å²) < 4.78 is 0. The average molecular weight is 673 g/mol. The second-order valence-corrected chi connectivity index (χ2v) is 13.1. The van der Waals surface area contributed by atoms with Crippen LogP contribution in [0.3, 0.4) is 0 Å². The van der Waals surface area contributed by atoms with E-state index in [1.165, 1.54) is 53.8 Å². The van der Waals surface area contributed by atoms with Gasteiger partial charge in [-0.25, -0.2) is 19.9 Å². The van der Waals surface area contributed by atoms with Gasteiger partial charge in [0.25, 0.3) is 0 Å². The van der Waals surface area contributed by atoms with Gasteiger partial charge < -0.3 is 21.7 Å². The molecular weight excluding hydrogens is 628 g/mol. The maximum Gasteiger partial charge on any atom is 0.133 e. The normalized spacial score (nSPS) is 15.3. The van der Waals surface area contributed by atoms with E-state index in [0.717, 1.165) is 73.3 Å². The molecule has 0 bridgehead atoms. The van der Waals surface area contributed by atoms with E-state index in [0.29, 0.717) is 11.1 Å². The zero-order valence-corrected chi connectivity index (χ0v) is 28.6. The Bertz CT molecular complexity index is 1940. The second-order valence-electron chi connectivity index (χ2n) is 12.7. The number of hydrogen-bond donors (Lipinski definition) is 3. The molecule has 0 spiro atoms. The molecule has 5 N–H and O–H groups in total. The minimum Gasteiger partial charge on any atom is -0.356 e. The molecule has 0 aliphatic carbocycles. The van der Waals surface area contributed by atoms with Crippen molar-refractivity contribution in [2.24, 2.45) is 23.3 Å². The number of nitrogens with zero attached hydrogens (tertiary/aromatic N) is 5. The molecule has 0 atom stereocenters. The highest BCUT2D eigenvalue weighted by Gasteiger charge is 2.19. The highest BCUT2D eigenvalue weighted by Crippen LogP contribution is 2.27. The highest BCUT2D eigenvalue weighted by molar-refractivity contribution is 6.29. The van der Waals surface area contributed by atoms with Gasteiger partial charge in [-0.05, 0) is 97.4 Å². The molecule has 8 rings (SSSR count). The van der Waals surface area contributed by atoms with Gasteiger partial charge in [-0.15, -0.1) is 0 Å². The van der Waals surface area contributed by atoms with Crippen molar-refractivity contribution in [3.63, 3.8) is 0 Å². The van der Waals surface area contributed by atoms with Crippen LogP contribution in [0.15, 0.2) is 110 Å². The van der Waals surface area contributed by atoms with Crippen LogP contribution in [0.5, 0.6) is 0 Å². The Kier molecular flexibility index (Phi) is 12.1. The molecule has 8 nitrogen and oxygen atoms in total. The van der Waals surface area contributed by atoms with Gasteiger partial charge in [0, 0.05) is 36.3 Å². The summed E-state index contributed by atoms with van der Waals surface area (Å²) in [7, 11) is 0. The van der Waals surface area contributed by atoms with Crippen molar-refractivity contribution in [3.8, 4) is 22.5 Å². The lowest BCUT2D eigenvalue weighted by Gasteiger charge is -2.32. The predicted octanol–water partition coefficient (Wildman–Crippen LogP) is 7.37. The number of nitrogens with one attached hydrogen (secondary N) is 1. The van der Waals surface area contributed by atoms with E-state index >= 15 is 0 Å². The molecule has 0 unspecified atom stereocenters. The number of hydrogen-bond acceptors (Lipinski definition) is 8. The van der Waals surface area contributed by atoms with Gasteiger partial charge in [0.15, 0.2) is 0 Å². The molecule has 4 aromatic carbocycles. The topological polar surface area (TPSA) is 119 Å². The minimum atomic E-state index is 0.461. The average Bonchev–Trinajstić information content (AvgIpc) is 3.18. The number of nitrogens with two attached hydrogens (primary N) is 2. The number of aromatic nitrogens is 4. The van der Waals surface area contributed by atoms with Crippen LogP contribution in [0.25, 0.3) is 44.1 Å². The van der Waals surface area contributed by atoms with Crippen LogP contribution in [-0.4, -0.2) is 59.2 Å². The Morgan fingerprint density at radius 3 is 1.63 bits per heavy atom. The van der Waals surface area contributed by atoms with Crippen molar-refractivity contribution in [1.82, 2.24) is 25.3 Å². The van der Waals surface area contributed by atoms with Gasteiger partial charge in [0.1, 0.15) is 23.6 Å². The third-order valence-electron chi connectivity index (χ3n) is 9.44. The van der Waals surface area contributed by atoms with E-state index in [4.69, 9.17) is 23.1 Å². The van der Waals surface area contributed by atoms with Crippen molar-refractivity contribution in [3.05, 3.63) is 115 Å². The Balaban J connectivity index is 0.000000144. The molecule has 9 heteroatoms. The van der Waals surface area contributed by atoms with Gasteiger partial charge in [-0.2, -0.15) is 0 Å². The maximum absolute atomic E-state index is 5.86. The second kappa shape index (κ2) is 17.3. The summed E-state index contributed by atoms with van der Waals surface area (Å²) in [6.45, 7) is 6.05. The smallest absolute Gasteiger partial charge is 0.133 e. The van der Waals surface area contributed by atoms with E-state index in [1.807, 2.05) is 18.2 Å². The monoisotopic (exact) mass is 672 g/mol. The molecule has 4 heterocycles. The van der Waals surface area contributed by atoms with Gasteiger partial charge in [0.2, 0.25) is 0 Å². The summed E-state index contributed by atoms with van der Waals surface area (Å²) in [5, 5.41) is 8.65. The van der Waals surface area contributed by atoms with Crippen LogP contribution < -0.4 is 21.7 Å². The van der Waals surface area contributed by atoms with Crippen LogP contribution in [-0.2, 0) is 0 Å². The summed E-state index contributed by atoms with van der Waals surface area (Å²) in [6.07, 6.45) is 7.99. The van der Waals surface area contributed by atoms with E-state index in [1.54, 1.807) is 12.4 Å². The maximum atomic E-state index is 5.86. The molecule has 6 aromatic rings. The molecule has 0 radical (unpaired) electrons. The fourth-order valence-electron chi connectivity index (χ4n) is 6.38. The third kappa shape index (κ3) is 9.37. The third-order valence-corrected chi connectivity index (χ3v) is 9.65. The fraction of sp³-hybridized carbons (Fsp3) is 0.300. The molecule has 2 aliphatic heterocycles. The van der Waals surface area contributed by atoms with E-state index in [9.17, 15) is 0 Å². The van der Waals surface area contributed by atoms with Gasteiger partial charge in [0.05, 0.1) is 11.4 Å². The van der Waals surface area contributed by atoms with Crippen molar-refractivity contribution < 1.29 is 0 Å². The largest absolute Gasteiger partial charge is 0.356 e. The van der Waals surface area contributed by atoms with E-state index in [-0.39, 0.29) is 0 Å². The van der Waals surface area contributed by atoms with Crippen LogP contribution in [0, 0.1) is 11.8 Å². The first-order chi connectivity index (χ1) is 24.1. The fourth-order valence-corrected chi connectivity index (χ4v) is 6.53. The number of piperidine rings is 2. The van der Waals surface area contributed by atoms with Crippen molar-refractivity contribution in [2.75, 3.05) is 44.2 Å². The number of fused-ring (bicyclic) bond motifs is 2. The molecule has 2 aromatic heterocycles. The molecule has 2 fully saturated rings. The van der Waals surface area contributed by atoms with Crippen molar-refractivity contribution >= 4 is 39.0 Å². The lowest BCUT2D eigenvalue weighted by molar-refractivity contribution is 0.382. The van der Waals surface area contributed by atoms with Gasteiger partial charge >= 0.3 is 0 Å². The zero-order chi connectivity index (χ0) is 33.8. The van der Waals surface area contributed by atoms with Crippen molar-refractivity contribution in [2.45, 2.75) is 25.7 Å². The van der Waals surface area contributed by atoms with Crippen LogP contribution in [0.2, 0.25) is 5.15 Å². The Labute approximate surface area is 294 Å². The number of rotatable bonds is 5. The summed E-state index contributed by atoms with van der Waals surface area (Å²) in [5.41, 5.74) is 15.3. The lowest BCUT2D eigenvalue weighted by Crippen LogP contribution is -2.36. The molecule has 0 amide bonds. The summed E-state index contributed by atoms with van der Waals surface area (Å²) in [4.78, 5) is 19.4. The van der Waals surface area contributed by atoms with Crippen LogP contribution >= 0.6 is 11.6 Å². The standard InChI is InChI=1S/C20H22N4.C14H9ClN2.C6H14N2/c21-13-15-7-9-24(10-8-15)20-12-19(22-14-23-20)18-6-5-16-3-1-2-4-17(16)11-18;15-14-8-13(16-9-17-14)12-6-5-10-3-1-2-4-11(10)7-12;7-5-6-1-3-8-4-2-6/h1-6,11-12,14-15H,7-10,13,21H2;1-9H;6,8H,1-5,7H2. The SMILES string of the molecule is Clc1cc(-c2ccc3ccccc3c2)ncn1.NCC1CCN(c2cc(-c3ccc4ccccc4c3)ncn2)CC1.NCC1CCNCC1. The molecule has 2 aliphatic rings. The molecular formula is C40H45ClN8. The number of anilines is 1. The summed E-state index contributed by atoms with van der Waals surface area (Å²) in [6, 6.07) is 33.2. The Morgan fingerprint density at radius 2 is 1.10 bits per heavy atom. The van der Waals surface area contributed by atoms with Crippen LogP contribution in [0.4, 0.5) is 5.82 Å². The summed E-state index contributed by atoms with van der Waals surface area (Å²) in [5.74, 6) is 2.47. The minimum absolute atomic E-state index is 0.461. The van der Waals surface area contributed by atoms with Gasteiger partial charge in [-0.3, -0.25) is 0 Å². The lowest BCUT2D eigenvalue weighted by atomic mass is 9.97. The molecule has 0 saturated carbocycles. The Morgan fingerprint density at radius 1 is 0.592 bits per heavy atom. The summed E-state index contributed by atoms with van der Waals surface area (Å²) >= 11 is 5.86. The molecule has 49 heavy (non-hydrogen) atoms. The zero-order valence-electron chi connectivity index (χ0n) is 27.9. The van der Waals surface area contributed by atoms with Gasteiger partial charge in [-0.1, -0.05) is 84.4 Å². The number of halogens is 1. The molecule has 2 saturated heterocycles. The quantitative estimate of drug-likeness (QED) is 0.163. The first-order valence-corrected chi connectivity index (χ1v) is 17.6. The Hall–Kier alpha value is -4.47. The first-order valence-electron chi connectivity index (χ1n) is 17.2. The van der Waals surface area contributed by atoms with E-state index in [2.05, 4.69) is 103 Å². The highest BCUT2D eigenvalue weighted by atomic mass is 35.5. The molecule has 252 valence electrons. The first kappa shape index (κ1) is 34.4. The van der Waals surface area contributed by atoms with E-state index < -0.39 is 0 Å². The van der Waals surface area contributed by atoms with Crippen molar-refractivity contribution in [1.29, 1.82) is 0 Å².